The Balaban J connectivity index is 2.06. The lowest BCUT2D eigenvalue weighted by molar-refractivity contribution is 0.202. The Labute approximate surface area is 144 Å². The number of nitrogens with two attached hydrogens (primary N) is 1. The molecule has 0 aliphatic carbocycles. The first-order chi connectivity index (χ1) is 11.9. The molecule has 2 heterocycles. The number of carboxylic acid groups (broad SMARTS) is 1. The highest BCUT2D eigenvalue weighted by atomic mass is 16.4. The highest BCUT2D eigenvalue weighted by Gasteiger charge is 2.25. The smallest absolute Gasteiger partial charge is 0.413 e. The third kappa shape index (κ3) is 3.06. The Morgan fingerprint density at radius 3 is 2.64 bits per heavy atom. The molecule has 1 atom stereocenters. The van der Waals surface area contributed by atoms with Gasteiger partial charge in [-0.05, 0) is 43.7 Å². The summed E-state index contributed by atoms with van der Waals surface area (Å²) in [5.74, 6) is 0.595. The lowest BCUT2D eigenvalue weighted by Crippen LogP contribution is -2.32. The van der Waals surface area contributed by atoms with Gasteiger partial charge in [0.1, 0.15) is 17.3 Å². The zero-order chi connectivity index (χ0) is 18.1. The van der Waals surface area contributed by atoms with Crippen LogP contribution in [0, 0.1) is 0 Å². The second-order valence-electron chi connectivity index (χ2n) is 5.70. The predicted molar refractivity (Wildman–Crippen MR) is 97.1 cm³/mol. The topological polar surface area (TPSA) is 124 Å². The van der Waals surface area contributed by atoms with Gasteiger partial charge in [-0.3, -0.25) is 4.90 Å². The molecule has 1 aliphatic heterocycles. The number of aromatic hydroxyl groups is 1. The normalized spacial score (nSPS) is 15.8. The van der Waals surface area contributed by atoms with E-state index in [9.17, 15) is 15.0 Å². The Morgan fingerprint density at radius 1 is 1.36 bits per heavy atom. The summed E-state index contributed by atoms with van der Waals surface area (Å²) in [4.78, 5) is 21.2. The van der Waals surface area contributed by atoms with Gasteiger partial charge >= 0.3 is 6.09 Å². The predicted octanol–water partition coefficient (Wildman–Crippen LogP) is 2.81. The van der Waals surface area contributed by atoms with E-state index < -0.39 is 6.09 Å². The number of amides is 1. The molecular formula is C17H19N5O3. The molecule has 1 amide bonds. The molecule has 1 aliphatic rings. The Hall–Kier alpha value is -3.29. The minimum atomic E-state index is -1.09. The minimum Gasteiger partial charge on any atom is -0.508 e. The Kier molecular flexibility index (Phi) is 4.18. The zero-order valence-corrected chi connectivity index (χ0v) is 13.9. The van der Waals surface area contributed by atoms with Gasteiger partial charge in [0.25, 0.3) is 0 Å². The monoisotopic (exact) mass is 341 g/mol. The van der Waals surface area contributed by atoms with Crippen molar-refractivity contribution in [2.45, 2.75) is 19.9 Å². The summed E-state index contributed by atoms with van der Waals surface area (Å²) in [6.07, 6.45) is -1.09. The third-order valence-corrected chi connectivity index (χ3v) is 4.01. The highest BCUT2D eigenvalue weighted by molar-refractivity contribution is 6.10. The lowest BCUT2D eigenvalue weighted by Gasteiger charge is -2.26. The van der Waals surface area contributed by atoms with Gasteiger partial charge in [-0.25, -0.2) is 14.8 Å². The van der Waals surface area contributed by atoms with Crippen molar-refractivity contribution in [3.05, 3.63) is 35.9 Å². The summed E-state index contributed by atoms with van der Waals surface area (Å²) in [6, 6.07) is 8.26. The average Bonchev–Trinajstić information content (AvgIpc) is 2.55. The summed E-state index contributed by atoms with van der Waals surface area (Å²) >= 11 is 0. The van der Waals surface area contributed by atoms with Crippen molar-refractivity contribution in [2.75, 3.05) is 22.5 Å². The molecule has 0 fully saturated rings. The molecule has 0 radical (unpaired) electrons. The molecule has 0 spiro atoms. The van der Waals surface area contributed by atoms with E-state index in [0.717, 1.165) is 16.2 Å². The van der Waals surface area contributed by atoms with E-state index in [-0.39, 0.29) is 30.0 Å². The van der Waals surface area contributed by atoms with Crippen LogP contribution >= 0.6 is 0 Å². The third-order valence-electron chi connectivity index (χ3n) is 4.01. The first kappa shape index (κ1) is 16.6. The number of nitrogen functional groups attached to an aromatic ring is 1. The van der Waals surface area contributed by atoms with E-state index in [1.54, 1.807) is 37.3 Å². The molecular weight excluding hydrogens is 322 g/mol. The van der Waals surface area contributed by atoms with Gasteiger partial charge in [0.15, 0.2) is 5.82 Å². The van der Waals surface area contributed by atoms with Crippen LogP contribution in [0.5, 0.6) is 5.75 Å². The van der Waals surface area contributed by atoms with Crippen LogP contribution in [0.25, 0.3) is 0 Å². The number of aliphatic imine (C=N–C) groups is 1. The number of carbonyl (C=O) groups is 1. The Morgan fingerprint density at radius 2 is 2.04 bits per heavy atom. The SMILES string of the molecule is CCN(C(=O)O)c1cc2c(c(N)n1)N=C(c1ccc(O)cc1)[C@H](C)N2. The number of nitrogens with one attached hydrogen (secondary N) is 1. The van der Waals surface area contributed by atoms with Gasteiger partial charge in [0.05, 0.1) is 17.4 Å². The fraction of sp³-hybridized carbons (Fsp3) is 0.235. The Bertz CT molecular complexity index is 848. The molecule has 0 saturated carbocycles. The number of benzene rings is 1. The summed E-state index contributed by atoms with van der Waals surface area (Å²) in [5.41, 5.74) is 8.76. The van der Waals surface area contributed by atoms with E-state index in [1.165, 1.54) is 0 Å². The van der Waals surface area contributed by atoms with Crippen molar-refractivity contribution in [2.24, 2.45) is 4.99 Å². The van der Waals surface area contributed by atoms with Crippen molar-refractivity contribution in [3.63, 3.8) is 0 Å². The van der Waals surface area contributed by atoms with E-state index in [2.05, 4.69) is 15.3 Å². The maximum Gasteiger partial charge on any atom is 0.413 e. The highest BCUT2D eigenvalue weighted by Crippen LogP contribution is 2.38. The number of pyridine rings is 1. The minimum absolute atomic E-state index is 0.119. The molecule has 1 aromatic carbocycles. The van der Waals surface area contributed by atoms with E-state index in [4.69, 9.17) is 5.73 Å². The van der Waals surface area contributed by atoms with E-state index in [0.29, 0.717) is 11.4 Å². The van der Waals surface area contributed by atoms with Crippen molar-refractivity contribution in [1.29, 1.82) is 0 Å². The maximum atomic E-state index is 11.3. The first-order valence-electron chi connectivity index (χ1n) is 7.86. The number of phenolic OH excluding ortho intramolecular Hbond substituents is 1. The fourth-order valence-electron chi connectivity index (χ4n) is 2.77. The molecule has 0 bridgehead atoms. The van der Waals surface area contributed by atoms with Gasteiger partial charge in [-0.2, -0.15) is 0 Å². The van der Waals surface area contributed by atoms with E-state index >= 15 is 0 Å². The summed E-state index contributed by atoms with van der Waals surface area (Å²) in [6.45, 7) is 3.93. The van der Waals surface area contributed by atoms with Gasteiger partial charge in [0.2, 0.25) is 0 Å². The molecule has 8 nitrogen and oxygen atoms in total. The summed E-state index contributed by atoms with van der Waals surface area (Å²) < 4.78 is 0. The quantitative estimate of drug-likeness (QED) is 0.680. The molecule has 5 N–H and O–H groups in total. The molecule has 2 aromatic rings. The van der Waals surface area contributed by atoms with Crippen molar-refractivity contribution in [3.8, 4) is 5.75 Å². The van der Waals surface area contributed by atoms with Crippen molar-refractivity contribution < 1.29 is 15.0 Å². The molecule has 3 rings (SSSR count). The fourth-order valence-corrected chi connectivity index (χ4v) is 2.77. The van der Waals surface area contributed by atoms with Gasteiger partial charge in [-0.15, -0.1) is 0 Å². The number of hydrogen-bond acceptors (Lipinski definition) is 6. The number of hydrogen-bond donors (Lipinski definition) is 4. The maximum absolute atomic E-state index is 11.3. The number of anilines is 3. The van der Waals surface area contributed by atoms with Crippen LogP contribution in [-0.2, 0) is 0 Å². The number of phenols is 1. The molecule has 0 unspecified atom stereocenters. The molecule has 8 heteroatoms. The van der Waals surface area contributed by atoms with Crippen LogP contribution in [0.2, 0.25) is 0 Å². The van der Waals surface area contributed by atoms with Crippen molar-refractivity contribution >= 4 is 34.8 Å². The van der Waals surface area contributed by atoms with Crippen LogP contribution in [0.1, 0.15) is 19.4 Å². The average molecular weight is 341 g/mol. The largest absolute Gasteiger partial charge is 0.508 e. The molecule has 130 valence electrons. The van der Waals surface area contributed by atoms with E-state index in [1.807, 2.05) is 6.92 Å². The zero-order valence-electron chi connectivity index (χ0n) is 13.9. The van der Waals surface area contributed by atoms with Crippen LogP contribution < -0.4 is 16.0 Å². The van der Waals surface area contributed by atoms with Crippen LogP contribution in [0.3, 0.4) is 0 Å². The second-order valence-corrected chi connectivity index (χ2v) is 5.70. The number of nitrogens with zero attached hydrogens (tertiary/aromatic N) is 3. The molecule has 25 heavy (non-hydrogen) atoms. The van der Waals surface area contributed by atoms with Crippen LogP contribution in [0.15, 0.2) is 35.3 Å². The van der Waals surface area contributed by atoms with Gasteiger partial charge in [0, 0.05) is 12.6 Å². The van der Waals surface area contributed by atoms with Crippen LogP contribution in [0.4, 0.5) is 27.8 Å². The number of aromatic nitrogens is 1. The van der Waals surface area contributed by atoms with Crippen LogP contribution in [-0.4, -0.2) is 39.6 Å². The molecule has 0 saturated heterocycles. The summed E-state index contributed by atoms with van der Waals surface area (Å²) in [7, 11) is 0. The second kappa shape index (κ2) is 6.31. The van der Waals surface area contributed by atoms with Gasteiger partial charge in [-0.1, -0.05) is 0 Å². The number of fused-ring (bicyclic) bond motifs is 1. The van der Waals surface area contributed by atoms with Crippen molar-refractivity contribution in [1.82, 2.24) is 4.98 Å². The first-order valence-corrected chi connectivity index (χ1v) is 7.86. The number of rotatable bonds is 3. The lowest BCUT2D eigenvalue weighted by atomic mass is 10.0. The van der Waals surface area contributed by atoms with Gasteiger partial charge < -0.3 is 21.3 Å². The molecule has 1 aromatic heterocycles. The summed E-state index contributed by atoms with van der Waals surface area (Å²) in [5, 5.41) is 22.0. The standard InChI is InChI=1S/C17H19N5O3/c1-3-22(17(24)25)13-8-12-15(16(18)20-13)21-14(9(2)19-12)10-4-6-11(23)7-5-10/h4-9,19,23H,3H2,1-2H3,(H2,18,20)(H,24,25)/t9-/m0/s1.